The lowest BCUT2D eigenvalue weighted by Gasteiger charge is -2.39. The molecule has 3 rings (SSSR count). The lowest BCUT2D eigenvalue weighted by Crippen LogP contribution is -2.51. The van der Waals surface area contributed by atoms with Crippen molar-refractivity contribution in [1.29, 1.82) is 0 Å². The number of carbonyl (C=O) groups excluding carboxylic acids is 1. The van der Waals surface area contributed by atoms with Crippen molar-refractivity contribution in [3.05, 3.63) is 23.8 Å². The van der Waals surface area contributed by atoms with E-state index in [1.807, 2.05) is 23.1 Å². The summed E-state index contributed by atoms with van der Waals surface area (Å²) >= 11 is 0. The molecule has 0 unspecified atom stereocenters. The van der Waals surface area contributed by atoms with Gasteiger partial charge in [0, 0.05) is 19.1 Å². The van der Waals surface area contributed by atoms with Gasteiger partial charge in [-0.3, -0.25) is 4.79 Å². The summed E-state index contributed by atoms with van der Waals surface area (Å²) in [5.74, 6) is 1.66. The Morgan fingerprint density at radius 3 is 3.00 bits per heavy atom. The van der Waals surface area contributed by atoms with Gasteiger partial charge in [-0.05, 0) is 30.9 Å². The summed E-state index contributed by atoms with van der Waals surface area (Å²) in [7, 11) is 0. The molecule has 2 atom stereocenters. The van der Waals surface area contributed by atoms with Crippen LogP contribution in [0.1, 0.15) is 30.1 Å². The topological polar surface area (TPSA) is 64.8 Å². The molecular formula is C16H22N2O3. The Balaban J connectivity index is 1.91. The molecule has 2 aliphatic heterocycles. The third-order valence-electron chi connectivity index (χ3n) is 4.41. The summed E-state index contributed by atoms with van der Waals surface area (Å²) in [5.41, 5.74) is 6.47. The van der Waals surface area contributed by atoms with Crippen LogP contribution in [0.15, 0.2) is 18.2 Å². The molecule has 1 saturated heterocycles. The van der Waals surface area contributed by atoms with Gasteiger partial charge in [-0.15, -0.1) is 0 Å². The average Bonchev–Trinajstić information content (AvgIpc) is 2.53. The number of hydrogen-bond donors (Lipinski definition) is 1. The number of hydrogen-bond acceptors (Lipinski definition) is 4. The summed E-state index contributed by atoms with van der Waals surface area (Å²) in [6.45, 7) is 4.43. The third-order valence-corrected chi connectivity index (χ3v) is 4.41. The number of benzene rings is 1. The van der Waals surface area contributed by atoms with Crippen molar-refractivity contribution in [1.82, 2.24) is 4.90 Å². The minimum atomic E-state index is -0.000602. The molecule has 0 bridgehead atoms. The van der Waals surface area contributed by atoms with Crippen molar-refractivity contribution in [2.24, 2.45) is 11.7 Å². The van der Waals surface area contributed by atoms with Crippen LogP contribution in [0.25, 0.3) is 0 Å². The molecule has 0 radical (unpaired) electrons. The second-order valence-electron chi connectivity index (χ2n) is 5.75. The van der Waals surface area contributed by atoms with Crippen LogP contribution < -0.4 is 15.2 Å². The number of rotatable bonds is 2. The van der Waals surface area contributed by atoms with E-state index >= 15 is 0 Å². The summed E-state index contributed by atoms with van der Waals surface area (Å²) in [6, 6.07) is 5.59. The highest BCUT2D eigenvalue weighted by atomic mass is 16.6. The number of nitrogens with zero attached hydrogens (tertiary/aromatic N) is 1. The Kier molecular flexibility index (Phi) is 4.01. The first-order valence-electron chi connectivity index (χ1n) is 7.62. The van der Waals surface area contributed by atoms with E-state index in [-0.39, 0.29) is 11.9 Å². The van der Waals surface area contributed by atoms with Crippen LogP contribution in [-0.2, 0) is 0 Å². The largest absolute Gasteiger partial charge is 0.486 e. The zero-order valence-corrected chi connectivity index (χ0v) is 12.4. The standard InChI is InChI=1S/C16H22N2O3/c1-11-4-3-7-18(13(11)10-17)16(19)12-5-2-6-14-15(12)21-9-8-20-14/h2,5-6,11,13H,3-4,7-10,17H2,1H3/t11-,13+/m1/s1. The summed E-state index contributed by atoms with van der Waals surface area (Å²) < 4.78 is 11.2. The molecule has 2 aliphatic rings. The minimum Gasteiger partial charge on any atom is -0.486 e. The first kappa shape index (κ1) is 14.2. The van der Waals surface area contributed by atoms with Crippen LogP contribution in [0.2, 0.25) is 0 Å². The van der Waals surface area contributed by atoms with Crippen molar-refractivity contribution in [3.8, 4) is 11.5 Å². The number of para-hydroxylation sites is 1. The fraction of sp³-hybridized carbons (Fsp3) is 0.562. The average molecular weight is 290 g/mol. The second-order valence-corrected chi connectivity index (χ2v) is 5.75. The summed E-state index contributed by atoms with van der Waals surface area (Å²) in [5, 5.41) is 0. The van der Waals surface area contributed by atoms with Crippen molar-refractivity contribution in [3.63, 3.8) is 0 Å². The monoisotopic (exact) mass is 290 g/mol. The van der Waals surface area contributed by atoms with Gasteiger partial charge >= 0.3 is 0 Å². The van der Waals surface area contributed by atoms with E-state index in [4.69, 9.17) is 15.2 Å². The number of likely N-dealkylation sites (tertiary alicyclic amines) is 1. The molecule has 0 spiro atoms. The summed E-state index contributed by atoms with van der Waals surface area (Å²) in [4.78, 5) is 14.8. The van der Waals surface area contributed by atoms with Crippen LogP contribution in [0, 0.1) is 5.92 Å². The Hall–Kier alpha value is -1.75. The number of fused-ring (bicyclic) bond motifs is 1. The van der Waals surface area contributed by atoms with Gasteiger partial charge in [0.2, 0.25) is 0 Å². The van der Waals surface area contributed by atoms with E-state index in [1.54, 1.807) is 0 Å². The molecule has 2 heterocycles. The predicted molar refractivity (Wildman–Crippen MR) is 79.7 cm³/mol. The Labute approximate surface area is 125 Å². The molecule has 0 aromatic heterocycles. The molecule has 0 saturated carbocycles. The normalized spacial score (nSPS) is 24.8. The number of piperidine rings is 1. The fourth-order valence-electron chi connectivity index (χ4n) is 3.26. The van der Waals surface area contributed by atoms with E-state index < -0.39 is 0 Å². The highest BCUT2D eigenvalue weighted by molar-refractivity contribution is 5.98. The first-order valence-corrected chi connectivity index (χ1v) is 7.62. The Morgan fingerprint density at radius 1 is 1.38 bits per heavy atom. The maximum Gasteiger partial charge on any atom is 0.258 e. The number of ether oxygens (including phenoxy) is 2. The van der Waals surface area contributed by atoms with Crippen molar-refractivity contribution in [2.75, 3.05) is 26.3 Å². The smallest absolute Gasteiger partial charge is 0.258 e. The molecule has 5 heteroatoms. The number of nitrogens with two attached hydrogens (primary N) is 1. The van der Waals surface area contributed by atoms with E-state index in [1.165, 1.54) is 0 Å². The molecule has 1 fully saturated rings. The van der Waals surface area contributed by atoms with Crippen molar-refractivity contribution in [2.45, 2.75) is 25.8 Å². The molecule has 21 heavy (non-hydrogen) atoms. The fourth-order valence-corrected chi connectivity index (χ4v) is 3.26. The molecule has 5 nitrogen and oxygen atoms in total. The van der Waals surface area contributed by atoms with E-state index in [0.717, 1.165) is 19.4 Å². The van der Waals surface area contributed by atoms with Crippen LogP contribution in [0.4, 0.5) is 0 Å². The van der Waals surface area contributed by atoms with Crippen LogP contribution in [0.3, 0.4) is 0 Å². The van der Waals surface area contributed by atoms with E-state index in [9.17, 15) is 4.79 Å². The Morgan fingerprint density at radius 2 is 2.19 bits per heavy atom. The van der Waals surface area contributed by atoms with Gasteiger partial charge < -0.3 is 20.1 Å². The van der Waals surface area contributed by atoms with Gasteiger partial charge in [-0.2, -0.15) is 0 Å². The van der Waals surface area contributed by atoms with Crippen LogP contribution in [-0.4, -0.2) is 43.2 Å². The minimum absolute atomic E-state index is 0.000602. The second kappa shape index (κ2) is 5.93. The van der Waals surface area contributed by atoms with Gasteiger partial charge in [0.1, 0.15) is 13.2 Å². The zero-order valence-electron chi connectivity index (χ0n) is 12.4. The maximum absolute atomic E-state index is 12.9. The molecule has 114 valence electrons. The van der Waals surface area contributed by atoms with Crippen LogP contribution >= 0.6 is 0 Å². The van der Waals surface area contributed by atoms with Gasteiger partial charge in [-0.1, -0.05) is 13.0 Å². The van der Waals surface area contributed by atoms with E-state index in [0.29, 0.717) is 42.7 Å². The van der Waals surface area contributed by atoms with Crippen LogP contribution in [0.5, 0.6) is 11.5 Å². The third kappa shape index (κ3) is 2.58. The molecule has 1 amide bonds. The van der Waals surface area contributed by atoms with Gasteiger partial charge in [-0.25, -0.2) is 0 Å². The quantitative estimate of drug-likeness (QED) is 0.899. The molecule has 0 aliphatic carbocycles. The maximum atomic E-state index is 12.9. The van der Waals surface area contributed by atoms with Gasteiger partial charge in [0.25, 0.3) is 5.91 Å². The lowest BCUT2D eigenvalue weighted by atomic mass is 9.90. The molecule has 1 aromatic rings. The predicted octanol–water partition coefficient (Wildman–Crippen LogP) is 1.66. The van der Waals surface area contributed by atoms with Gasteiger partial charge in [0.05, 0.1) is 5.56 Å². The SMILES string of the molecule is C[C@@H]1CCCN(C(=O)c2cccc3c2OCCO3)[C@H]1CN. The number of carbonyl (C=O) groups is 1. The molecule has 1 aromatic carbocycles. The Bertz CT molecular complexity index is 532. The summed E-state index contributed by atoms with van der Waals surface area (Å²) in [6.07, 6.45) is 2.15. The molecular weight excluding hydrogens is 268 g/mol. The van der Waals surface area contributed by atoms with Crippen molar-refractivity contribution >= 4 is 5.91 Å². The first-order chi connectivity index (χ1) is 10.2. The highest BCUT2D eigenvalue weighted by Crippen LogP contribution is 2.35. The molecule has 2 N–H and O–H groups in total. The van der Waals surface area contributed by atoms with E-state index in [2.05, 4.69) is 6.92 Å². The number of amides is 1. The van der Waals surface area contributed by atoms with Gasteiger partial charge in [0.15, 0.2) is 11.5 Å². The zero-order chi connectivity index (χ0) is 14.8. The van der Waals surface area contributed by atoms with Crippen molar-refractivity contribution < 1.29 is 14.3 Å². The lowest BCUT2D eigenvalue weighted by molar-refractivity contribution is 0.0524. The highest BCUT2D eigenvalue weighted by Gasteiger charge is 2.33.